The summed E-state index contributed by atoms with van der Waals surface area (Å²) in [4.78, 5) is 13.8. The summed E-state index contributed by atoms with van der Waals surface area (Å²) in [6.45, 7) is 7.03. The van der Waals surface area contributed by atoms with Crippen molar-refractivity contribution in [2.45, 2.75) is 20.8 Å². The van der Waals surface area contributed by atoms with Crippen molar-refractivity contribution in [3.63, 3.8) is 0 Å². The molecule has 2 aromatic carbocycles. The molecule has 0 fully saturated rings. The Hall–Kier alpha value is -2.29. The smallest absolute Gasteiger partial charge is 0.414 e. The maximum atomic E-state index is 12.1. The molecule has 3 nitrogen and oxygen atoms in total. The summed E-state index contributed by atoms with van der Waals surface area (Å²) in [6.07, 6.45) is -0.288. The molecule has 0 unspecified atom stereocenters. The van der Waals surface area contributed by atoms with Gasteiger partial charge in [-0.25, -0.2) is 4.79 Å². The fraction of sp³-hybridized carbons (Fsp3) is 0.316. The highest BCUT2D eigenvalue weighted by molar-refractivity contribution is 5.88. The lowest BCUT2D eigenvalue weighted by Crippen LogP contribution is -2.32. The van der Waals surface area contributed by atoms with Gasteiger partial charge in [-0.05, 0) is 36.1 Å². The summed E-state index contributed by atoms with van der Waals surface area (Å²) < 4.78 is 5.31. The molecule has 0 spiro atoms. The first-order valence-corrected chi connectivity index (χ1v) is 7.71. The van der Waals surface area contributed by atoms with Gasteiger partial charge in [0.15, 0.2) is 0 Å². The lowest BCUT2D eigenvalue weighted by atomic mass is 10.1. The predicted molar refractivity (Wildman–Crippen MR) is 91.1 cm³/mol. The van der Waals surface area contributed by atoms with Gasteiger partial charge >= 0.3 is 6.09 Å². The van der Waals surface area contributed by atoms with Crippen LogP contribution in [-0.4, -0.2) is 19.2 Å². The highest BCUT2D eigenvalue weighted by Crippen LogP contribution is 2.23. The van der Waals surface area contributed by atoms with Gasteiger partial charge in [-0.3, -0.25) is 4.90 Å². The molecule has 22 heavy (non-hydrogen) atoms. The molecule has 0 aliphatic carbocycles. The number of hydrogen-bond donors (Lipinski definition) is 0. The van der Waals surface area contributed by atoms with E-state index in [9.17, 15) is 4.79 Å². The maximum absolute atomic E-state index is 12.1. The average molecular weight is 297 g/mol. The molecule has 0 bridgehead atoms. The Labute approximate surface area is 132 Å². The van der Waals surface area contributed by atoms with Crippen LogP contribution in [0.3, 0.4) is 0 Å². The molecule has 2 rings (SSSR count). The van der Waals surface area contributed by atoms with Crippen molar-refractivity contribution < 1.29 is 9.53 Å². The Kier molecular flexibility index (Phi) is 5.59. The van der Waals surface area contributed by atoms with Gasteiger partial charge in [-0.1, -0.05) is 56.3 Å². The van der Waals surface area contributed by atoms with E-state index in [1.807, 2.05) is 63.2 Å². The van der Waals surface area contributed by atoms with E-state index in [1.54, 1.807) is 4.90 Å². The number of amides is 1. The minimum atomic E-state index is -0.288. The molecule has 0 heterocycles. The molecular weight excluding hydrogens is 274 g/mol. The molecule has 116 valence electrons. The second-order valence-electron chi connectivity index (χ2n) is 5.63. The number of benzene rings is 2. The Morgan fingerprint density at radius 3 is 2.14 bits per heavy atom. The maximum Gasteiger partial charge on any atom is 0.414 e. The molecule has 0 aliphatic heterocycles. The van der Waals surface area contributed by atoms with Crippen LogP contribution in [0.25, 0.3) is 11.1 Å². The van der Waals surface area contributed by atoms with Crippen molar-refractivity contribution in [3.8, 4) is 11.1 Å². The SMILES string of the molecule is CCN(C(=O)OCC(C)C)c1ccc(-c2ccccc2)cc1. The first-order valence-electron chi connectivity index (χ1n) is 7.71. The lowest BCUT2D eigenvalue weighted by Gasteiger charge is -2.21. The average Bonchev–Trinajstić information content (AvgIpc) is 2.55. The van der Waals surface area contributed by atoms with Gasteiger partial charge in [0.05, 0.1) is 6.61 Å². The van der Waals surface area contributed by atoms with Gasteiger partial charge in [-0.2, -0.15) is 0 Å². The van der Waals surface area contributed by atoms with Crippen LogP contribution in [0.2, 0.25) is 0 Å². The zero-order valence-corrected chi connectivity index (χ0v) is 13.5. The number of ether oxygens (including phenoxy) is 1. The minimum Gasteiger partial charge on any atom is -0.449 e. The van der Waals surface area contributed by atoms with Crippen molar-refractivity contribution in [2.24, 2.45) is 5.92 Å². The van der Waals surface area contributed by atoms with Crippen molar-refractivity contribution in [3.05, 3.63) is 54.6 Å². The van der Waals surface area contributed by atoms with Crippen molar-refractivity contribution >= 4 is 11.8 Å². The van der Waals surface area contributed by atoms with E-state index in [1.165, 1.54) is 5.56 Å². The van der Waals surface area contributed by atoms with Crippen LogP contribution in [0.1, 0.15) is 20.8 Å². The number of carbonyl (C=O) groups excluding carboxylic acids is 1. The lowest BCUT2D eigenvalue weighted by molar-refractivity contribution is 0.140. The van der Waals surface area contributed by atoms with Crippen LogP contribution in [0.4, 0.5) is 10.5 Å². The molecular formula is C19H23NO2. The van der Waals surface area contributed by atoms with E-state index in [-0.39, 0.29) is 6.09 Å². The second-order valence-corrected chi connectivity index (χ2v) is 5.63. The van der Waals surface area contributed by atoms with Crippen LogP contribution < -0.4 is 4.90 Å². The summed E-state index contributed by atoms with van der Waals surface area (Å²) in [7, 11) is 0. The van der Waals surface area contributed by atoms with Crippen molar-refractivity contribution in [1.29, 1.82) is 0 Å². The van der Waals surface area contributed by atoms with Gasteiger partial charge in [0, 0.05) is 12.2 Å². The van der Waals surface area contributed by atoms with Crippen LogP contribution >= 0.6 is 0 Å². The molecule has 0 aromatic heterocycles. The van der Waals surface area contributed by atoms with Gasteiger partial charge in [0.1, 0.15) is 0 Å². The summed E-state index contributed by atoms with van der Waals surface area (Å²) >= 11 is 0. The third-order valence-corrected chi connectivity index (χ3v) is 3.36. The Bertz CT molecular complexity index is 591. The standard InChI is InChI=1S/C19H23NO2/c1-4-20(19(21)22-14-15(2)3)18-12-10-17(11-13-18)16-8-6-5-7-9-16/h5-13,15H,4,14H2,1-3H3. The van der Waals surface area contributed by atoms with Gasteiger partial charge in [0.2, 0.25) is 0 Å². The number of nitrogens with zero attached hydrogens (tertiary/aromatic N) is 1. The third-order valence-electron chi connectivity index (χ3n) is 3.36. The highest BCUT2D eigenvalue weighted by Gasteiger charge is 2.15. The van der Waals surface area contributed by atoms with Crippen LogP contribution in [-0.2, 0) is 4.74 Å². The molecule has 0 saturated carbocycles. The molecule has 0 N–H and O–H groups in total. The first kappa shape index (κ1) is 16.1. The molecule has 2 aromatic rings. The van der Waals surface area contributed by atoms with Crippen molar-refractivity contribution in [2.75, 3.05) is 18.1 Å². The van der Waals surface area contributed by atoms with Crippen molar-refractivity contribution in [1.82, 2.24) is 0 Å². The number of anilines is 1. The monoisotopic (exact) mass is 297 g/mol. The summed E-state index contributed by atoms with van der Waals surface area (Å²) in [5.74, 6) is 0.336. The zero-order chi connectivity index (χ0) is 15.9. The first-order chi connectivity index (χ1) is 10.6. The van der Waals surface area contributed by atoms with E-state index in [0.29, 0.717) is 19.1 Å². The molecule has 0 atom stereocenters. The Balaban J connectivity index is 2.12. The van der Waals surface area contributed by atoms with E-state index in [4.69, 9.17) is 4.74 Å². The predicted octanol–water partition coefficient (Wildman–Crippen LogP) is 4.97. The number of carbonyl (C=O) groups is 1. The normalized spacial score (nSPS) is 10.5. The van der Waals surface area contributed by atoms with Crippen LogP contribution in [0.5, 0.6) is 0 Å². The summed E-state index contributed by atoms with van der Waals surface area (Å²) in [5.41, 5.74) is 3.16. The fourth-order valence-electron chi connectivity index (χ4n) is 2.20. The van der Waals surface area contributed by atoms with Gasteiger partial charge in [0.25, 0.3) is 0 Å². The molecule has 0 radical (unpaired) electrons. The molecule has 3 heteroatoms. The van der Waals surface area contributed by atoms with Crippen LogP contribution in [0.15, 0.2) is 54.6 Å². The second kappa shape index (κ2) is 7.64. The van der Waals surface area contributed by atoms with E-state index in [2.05, 4.69) is 12.1 Å². The topological polar surface area (TPSA) is 29.5 Å². The number of hydrogen-bond acceptors (Lipinski definition) is 2. The number of rotatable bonds is 5. The van der Waals surface area contributed by atoms with E-state index in [0.717, 1.165) is 11.3 Å². The quantitative estimate of drug-likeness (QED) is 0.779. The Morgan fingerprint density at radius 1 is 1.00 bits per heavy atom. The summed E-state index contributed by atoms with van der Waals surface area (Å²) in [6, 6.07) is 18.2. The molecule has 0 aliphatic rings. The highest BCUT2D eigenvalue weighted by atomic mass is 16.6. The molecule has 0 saturated heterocycles. The van der Waals surface area contributed by atoms with Crippen LogP contribution in [0, 0.1) is 5.92 Å². The largest absolute Gasteiger partial charge is 0.449 e. The van der Waals surface area contributed by atoms with Gasteiger partial charge < -0.3 is 4.74 Å². The zero-order valence-electron chi connectivity index (χ0n) is 13.5. The fourth-order valence-corrected chi connectivity index (χ4v) is 2.20. The summed E-state index contributed by atoms with van der Waals surface area (Å²) in [5, 5.41) is 0. The molecule has 1 amide bonds. The Morgan fingerprint density at radius 2 is 1.59 bits per heavy atom. The van der Waals surface area contributed by atoms with E-state index >= 15 is 0 Å². The van der Waals surface area contributed by atoms with E-state index < -0.39 is 0 Å². The minimum absolute atomic E-state index is 0.288. The third kappa shape index (κ3) is 4.10. The van der Waals surface area contributed by atoms with Gasteiger partial charge in [-0.15, -0.1) is 0 Å².